The summed E-state index contributed by atoms with van der Waals surface area (Å²) in [7, 11) is 6.12. The second-order valence-corrected chi connectivity index (χ2v) is 15.8. The molecule has 0 spiro atoms. The van der Waals surface area contributed by atoms with Gasteiger partial charge in [-0.1, -0.05) is 146 Å². The first-order valence-electron chi connectivity index (χ1n) is 20.7. The van der Waals surface area contributed by atoms with Crippen molar-refractivity contribution in [2.45, 2.75) is 88.4 Å². The summed E-state index contributed by atoms with van der Waals surface area (Å²) in [5, 5.41) is 0. The van der Waals surface area contributed by atoms with E-state index in [1.807, 2.05) is 86.0 Å². The molecule has 2 aliphatic rings. The maximum Gasteiger partial charge on any atom is 0.229 e. The van der Waals surface area contributed by atoms with Gasteiger partial charge in [-0.25, -0.2) is 0 Å². The average molecular weight is 786 g/mol. The van der Waals surface area contributed by atoms with E-state index in [0.717, 1.165) is 53.6 Å². The van der Waals surface area contributed by atoms with Crippen LogP contribution in [0.5, 0.6) is 5.75 Å². The Morgan fingerprint density at radius 1 is 0.603 bits per heavy atom. The highest BCUT2D eigenvalue weighted by molar-refractivity contribution is 5.34. The van der Waals surface area contributed by atoms with Gasteiger partial charge in [0.25, 0.3) is 0 Å². The lowest BCUT2D eigenvalue weighted by atomic mass is 9.71. The standard InChI is InChI=1S/C50H59NO7/c1-51(2)32-43-27-16-17-30-50(43,52-3)42-28-18-29-44(31-42)57-49-48(56-36-41-25-14-7-15-26-41)47(55-35-40-23-12-6-13-24-40)46(54-34-39-21-10-5-11-22-39)45(58-49)37-53-33-38-19-8-4-9-20-38/h4-15,18-26,28-29,31,43,45-49H,16-17,27,30,32-37H2,1-3H3/t43-,45?,46+,47-,48?,49+,50+/m0/s1. The van der Waals surface area contributed by atoms with Crippen molar-refractivity contribution in [3.8, 4) is 5.75 Å². The first kappa shape index (κ1) is 41.8. The topological polar surface area (TPSA) is 67.9 Å². The first-order valence-corrected chi connectivity index (χ1v) is 20.7. The Kier molecular flexibility index (Phi) is 15.2. The molecule has 1 aliphatic carbocycles. The molecule has 0 amide bonds. The van der Waals surface area contributed by atoms with Crippen molar-refractivity contribution in [3.63, 3.8) is 0 Å². The summed E-state index contributed by atoms with van der Waals surface area (Å²) in [6, 6.07) is 49.1. The van der Waals surface area contributed by atoms with Gasteiger partial charge in [0, 0.05) is 19.6 Å². The van der Waals surface area contributed by atoms with Crippen molar-refractivity contribution < 1.29 is 33.2 Å². The second kappa shape index (κ2) is 21.0. The lowest BCUT2D eigenvalue weighted by Crippen LogP contribution is -2.62. The Balaban J connectivity index is 1.24. The Labute approximate surface area is 345 Å². The van der Waals surface area contributed by atoms with Crippen molar-refractivity contribution >= 4 is 0 Å². The molecule has 1 heterocycles. The highest BCUT2D eigenvalue weighted by Gasteiger charge is 2.50. The summed E-state index contributed by atoms with van der Waals surface area (Å²) >= 11 is 0. The lowest BCUT2D eigenvalue weighted by molar-refractivity contribution is -0.310. The predicted octanol–water partition coefficient (Wildman–Crippen LogP) is 9.36. The van der Waals surface area contributed by atoms with E-state index in [2.05, 4.69) is 85.7 Å². The normalized spacial score (nSPS) is 24.8. The van der Waals surface area contributed by atoms with Crippen LogP contribution in [0.4, 0.5) is 0 Å². The Hall–Kier alpha value is -4.38. The predicted molar refractivity (Wildman–Crippen MR) is 226 cm³/mol. The van der Waals surface area contributed by atoms with E-state index in [4.69, 9.17) is 33.2 Å². The van der Waals surface area contributed by atoms with Gasteiger partial charge in [-0.3, -0.25) is 0 Å². The zero-order chi connectivity index (χ0) is 40.0. The average Bonchev–Trinajstić information content (AvgIpc) is 3.26. The number of ether oxygens (including phenoxy) is 7. The van der Waals surface area contributed by atoms with E-state index in [9.17, 15) is 0 Å². The molecule has 8 nitrogen and oxygen atoms in total. The molecule has 2 fully saturated rings. The van der Waals surface area contributed by atoms with Crippen molar-refractivity contribution in [2.75, 3.05) is 34.4 Å². The van der Waals surface area contributed by atoms with Crippen LogP contribution in [0.25, 0.3) is 0 Å². The zero-order valence-corrected chi connectivity index (χ0v) is 34.2. The van der Waals surface area contributed by atoms with Crippen LogP contribution in [0.2, 0.25) is 0 Å². The Morgan fingerprint density at radius 2 is 1.14 bits per heavy atom. The molecule has 8 heteroatoms. The van der Waals surface area contributed by atoms with Crippen LogP contribution < -0.4 is 4.74 Å². The van der Waals surface area contributed by atoms with Crippen LogP contribution in [0, 0.1) is 5.92 Å². The number of methoxy groups -OCH3 is 1. The molecule has 2 unspecified atom stereocenters. The van der Waals surface area contributed by atoms with Gasteiger partial charge in [0.1, 0.15) is 30.2 Å². The van der Waals surface area contributed by atoms with E-state index in [0.29, 0.717) is 38.1 Å². The number of hydrogen-bond acceptors (Lipinski definition) is 8. The minimum Gasteiger partial charge on any atom is -0.462 e. The summed E-state index contributed by atoms with van der Waals surface area (Å²) in [6.45, 7) is 2.67. The van der Waals surface area contributed by atoms with Crippen LogP contribution in [0.15, 0.2) is 146 Å². The molecule has 7 rings (SSSR count). The van der Waals surface area contributed by atoms with Crippen molar-refractivity contribution in [1.29, 1.82) is 0 Å². The van der Waals surface area contributed by atoms with Gasteiger partial charge in [-0.2, -0.15) is 0 Å². The fourth-order valence-electron chi connectivity index (χ4n) is 8.47. The van der Waals surface area contributed by atoms with E-state index in [1.54, 1.807) is 0 Å². The van der Waals surface area contributed by atoms with Gasteiger partial charge in [-0.05, 0) is 66.9 Å². The van der Waals surface area contributed by atoms with E-state index in [-0.39, 0.29) is 6.61 Å². The molecular weight excluding hydrogens is 727 g/mol. The maximum atomic E-state index is 7.01. The number of benzene rings is 5. The first-order chi connectivity index (χ1) is 28.5. The number of hydrogen-bond donors (Lipinski definition) is 0. The Morgan fingerprint density at radius 3 is 1.69 bits per heavy atom. The molecule has 0 bridgehead atoms. The Bertz CT molecular complexity index is 1910. The zero-order valence-electron chi connectivity index (χ0n) is 34.2. The van der Waals surface area contributed by atoms with E-state index in [1.165, 1.54) is 6.42 Å². The molecule has 0 radical (unpaired) electrons. The van der Waals surface area contributed by atoms with Crippen LogP contribution >= 0.6 is 0 Å². The molecule has 1 saturated heterocycles. The van der Waals surface area contributed by atoms with Gasteiger partial charge in [0.2, 0.25) is 6.29 Å². The molecule has 1 saturated carbocycles. The monoisotopic (exact) mass is 785 g/mol. The minimum absolute atomic E-state index is 0.254. The summed E-state index contributed by atoms with van der Waals surface area (Å²) in [5.74, 6) is 1.02. The third-order valence-electron chi connectivity index (χ3n) is 11.4. The van der Waals surface area contributed by atoms with E-state index >= 15 is 0 Å². The van der Waals surface area contributed by atoms with Crippen molar-refractivity contribution in [1.82, 2.24) is 4.90 Å². The number of nitrogens with zero attached hydrogens (tertiary/aromatic N) is 1. The smallest absolute Gasteiger partial charge is 0.229 e. The molecule has 1 aliphatic heterocycles. The summed E-state index contributed by atoms with van der Waals surface area (Å²) in [6.07, 6.45) is 1.13. The fraction of sp³-hybridized carbons (Fsp3) is 0.400. The van der Waals surface area contributed by atoms with Crippen molar-refractivity contribution in [3.05, 3.63) is 173 Å². The van der Waals surface area contributed by atoms with Gasteiger partial charge in [-0.15, -0.1) is 0 Å². The number of rotatable bonds is 19. The second-order valence-electron chi connectivity index (χ2n) is 15.8. The summed E-state index contributed by atoms with van der Waals surface area (Å²) in [4.78, 5) is 2.26. The summed E-state index contributed by atoms with van der Waals surface area (Å²) in [5.41, 5.74) is 4.89. The van der Waals surface area contributed by atoms with Crippen LogP contribution in [0.3, 0.4) is 0 Å². The molecule has 306 valence electrons. The molecule has 0 aromatic heterocycles. The highest BCUT2D eigenvalue weighted by atomic mass is 16.7. The summed E-state index contributed by atoms with van der Waals surface area (Å²) < 4.78 is 47.6. The maximum absolute atomic E-state index is 7.01. The third-order valence-corrected chi connectivity index (χ3v) is 11.4. The fourth-order valence-corrected chi connectivity index (χ4v) is 8.47. The largest absolute Gasteiger partial charge is 0.462 e. The van der Waals surface area contributed by atoms with Gasteiger partial charge in [0.05, 0.1) is 38.6 Å². The molecule has 7 atom stereocenters. The van der Waals surface area contributed by atoms with Crippen LogP contribution in [-0.4, -0.2) is 70.0 Å². The van der Waals surface area contributed by atoms with Gasteiger partial charge in [0.15, 0.2) is 0 Å². The molecule has 0 N–H and O–H groups in total. The van der Waals surface area contributed by atoms with Crippen molar-refractivity contribution in [2.24, 2.45) is 5.92 Å². The minimum atomic E-state index is -0.857. The van der Waals surface area contributed by atoms with E-state index < -0.39 is 36.3 Å². The molecule has 58 heavy (non-hydrogen) atoms. The van der Waals surface area contributed by atoms with Gasteiger partial charge >= 0.3 is 0 Å². The third kappa shape index (κ3) is 11.0. The molecule has 5 aromatic rings. The van der Waals surface area contributed by atoms with Crippen LogP contribution in [0.1, 0.15) is 53.5 Å². The lowest BCUT2D eigenvalue weighted by Gasteiger charge is -2.46. The SMILES string of the molecule is CO[C@@]1(c2cccc(O[C@@H]3OC(COCc4ccccc4)[C@@H](OCc4ccccc4)[C@H](OCc4ccccc4)C3OCc3ccccc3)c2)CCCC[C@H]1CN(C)C. The highest BCUT2D eigenvalue weighted by Crippen LogP contribution is 2.46. The van der Waals surface area contributed by atoms with Crippen LogP contribution in [-0.2, 0) is 60.4 Å². The quantitative estimate of drug-likeness (QED) is 0.0821. The molecule has 5 aromatic carbocycles. The molecular formula is C50H59NO7. The van der Waals surface area contributed by atoms with Gasteiger partial charge < -0.3 is 38.1 Å².